The Kier molecular flexibility index (Phi) is 6.77. The maximum Gasteiger partial charge on any atom is 0.251 e. The molecular formula is C24H33N4O2+. The van der Waals surface area contributed by atoms with Crippen molar-refractivity contribution in [2.45, 2.75) is 26.2 Å². The van der Waals surface area contributed by atoms with Crippen LogP contribution in [0.5, 0.6) is 0 Å². The minimum absolute atomic E-state index is 0.0375. The number of likely N-dealkylation sites (N-methyl/N-ethyl adjacent to an activating group) is 1. The van der Waals surface area contributed by atoms with Crippen molar-refractivity contribution in [1.29, 1.82) is 0 Å². The summed E-state index contributed by atoms with van der Waals surface area (Å²) in [4.78, 5) is 28.4. The van der Waals surface area contributed by atoms with E-state index in [1.165, 1.54) is 5.69 Å². The zero-order chi connectivity index (χ0) is 21.7. The average Bonchev–Trinajstić information content (AvgIpc) is 2.73. The van der Waals surface area contributed by atoms with Gasteiger partial charge in [-0.3, -0.25) is 9.59 Å². The summed E-state index contributed by atoms with van der Waals surface area (Å²) in [6.07, 6.45) is 0. The number of amides is 2. The first-order valence-corrected chi connectivity index (χ1v) is 10.6. The number of piperazine rings is 1. The molecular weight excluding hydrogens is 376 g/mol. The van der Waals surface area contributed by atoms with Crippen LogP contribution in [0.4, 0.5) is 11.4 Å². The maximum atomic E-state index is 12.3. The molecule has 1 heterocycles. The first-order valence-electron chi connectivity index (χ1n) is 10.6. The molecule has 0 unspecified atom stereocenters. The third-order valence-corrected chi connectivity index (χ3v) is 5.56. The number of quaternary nitrogens is 1. The van der Waals surface area contributed by atoms with Crippen molar-refractivity contribution >= 4 is 23.2 Å². The van der Waals surface area contributed by atoms with Gasteiger partial charge < -0.3 is 20.4 Å². The van der Waals surface area contributed by atoms with Gasteiger partial charge in [0.15, 0.2) is 0 Å². The van der Waals surface area contributed by atoms with Crippen molar-refractivity contribution in [2.24, 2.45) is 0 Å². The van der Waals surface area contributed by atoms with Crippen molar-refractivity contribution in [3.63, 3.8) is 0 Å². The standard InChI is InChI=1S/C24H32N4O2/c1-24(2,3)19-7-5-18(6-8-19)23(30)25-17-22(29)26-20-9-11-21(12-10-20)28-15-13-27(4)14-16-28/h5-12H,13-17H2,1-4H3,(H,25,30)(H,26,29)/p+1. The molecule has 1 aliphatic rings. The van der Waals surface area contributed by atoms with Crippen LogP contribution in [0.3, 0.4) is 0 Å². The van der Waals surface area contributed by atoms with Crippen LogP contribution in [0.2, 0.25) is 0 Å². The average molecular weight is 410 g/mol. The lowest BCUT2D eigenvalue weighted by Crippen LogP contribution is -3.12. The van der Waals surface area contributed by atoms with Crippen LogP contribution in [0.1, 0.15) is 36.7 Å². The van der Waals surface area contributed by atoms with Crippen molar-refractivity contribution in [1.82, 2.24) is 5.32 Å². The Hall–Kier alpha value is -2.86. The Balaban J connectivity index is 1.48. The molecule has 0 atom stereocenters. The SMILES string of the molecule is C[NH+]1CCN(c2ccc(NC(=O)CNC(=O)c3ccc(C(C)(C)C)cc3)cc2)CC1. The molecule has 0 aliphatic carbocycles. The molecule has 1 aliphatic heterocycles. The number of nitrogens with one attached hydrogen (secondary N) is 3. The van der Waals surface area contributed by atoms with Gasteiger partial charge in [0, 0.05) is 16.9 Å². The topological polar surface area (TPSA) is 65.9 Å². The molecule has 2 aromatic carbocycles. The number of benzene rings is 2. The van der Waals surface area contributed by atoms with Gasteiger partial charge in [-0.15, -0.1) is 0 Å². The Morgan fingerprint density at radius 3 is 2.13 bits per heavy atom. The van der Waals surface area contributed by atoms with E-state index in [9.17, 15) is 9.59 Å². The molecule has 6 heteroatoms. The van der Waals surface area contributed by atoms with Gasteiger partial charge in [-0.2, -0.15) is 0 Å². The smallest absolute Gasteiger partial charge is 0.251 e. The Labute approximate surface area is 179 Å². The van der Waals surface area contributed by atoms with Crippen LogP contribution < -0.4 is 20.4 Å². The van der Waals surface area contributed by atoms with Gasteiger partial charge >= 0.3 is 0 Å². The quantitative estimate of drug-likeness (QED) is 0.704. The Morgan fingerprint density at radius 1 is 0.967 bits per heavy atom. The summed E-state index contributed by atoms with van der Waals surface area (Å²) in [6.45, 7) is 10.7. The highest BCUT2D eigenvalue weighted by Crippen LogP contribution is 2.22. The molecule has 30 heavy (non-hydrogen) atoms. The second-order valence-corrected chi connectivity index (χ2v) is 9.05. The van der Waals surface area contributed by atoms with E-state index in [1.807, 2.05) is 36.4 Å². The number of hydrogen-bond acceptors (Lipinski definition) is 3. The zero-order valence-electron chi connectivity index (χ0n) is 18.4. The highest BCUT2D eigenvalue weighted by molar-refractivity contribution is 5.99. The van der Waals surface area contributed by atoms with Gasteiger partial charge in [-0.1, -0.05) is 32.9 Å². The van der Waals surface area contributed by atoms with E-state index in [0.29, 0.717) is 5.56 Å². The predicted octanol–water partition coefficient (Wildman–Crippen LogP) is 1.69. The number of carbonyl (C=O) groups excluding carboxylic acids is 2. The van der Waals surface area contributed by atoms with Gasteiger partial charge in [0.05, 0.1) is 39.8 Å². The first-order chi connectivity index (χ1) is 14.2. The van der Waals surface area contributed by atoms with E-state index >= 15 is 0 Å². The molecule has 3 N–H and O–H groups in total. The van der Waals surface area contributed by atoms with E-state index in [2.05, 4.69) is 43.4 Å². The third-order valence-electron chi connectivity index (χ3n) is 5.56. The molecule has 0 saturated carbocycles. The Morgan fingerprint density at radius 2 is 1.57 bits per heavy atom. The van der Waals surface area contributed by atoms with Crippen LogP contribution >= 0.6 is 0 Å². The molecule has 1 fully saturated rings. The number of anilines is 2. The van der Waals surface area contributed by atoms with E-state index in [1.54, 1.807) is 17.0 Å². The Bertz CT molecular complexity index is 862. The monoisotopic (exact) mass is 409 g/mol. The summed E-state index contributed by atoms with van der Waals surface area (Å²) in [5.74, 6) is -0.497. The molecule has 1 saturated heterocycles. The van der Waals surface area contributed by atoms with Gasteiger partial charge in [0.2, 0.25) is 5.91 Å². The molecule has 0 radical (unpaired) electrons. The van der Waals surface area contributed by atoms with Crippen molar-refractivity contribution < 1.29 is 14.5 Å². The van der Waals surface area contributed by atoms with Crippen molar-refractivity contribution in [2.75, 3.05) is 50.0 Å². The molecule has 2 amide bonds. The normalized spacial score (nSPS) is 15.0. The summed E-state index contributed by atoms with van der Waals surface area (Å²) in [6, 6.07) is 15.4. The largest absolute Gasteiger partial charge is 0.360 e. The molecule has 160 valence electrons. The fourth-order valence-electron chi connectivity index (χ4n) is 3.49. The summed E-state index contributed by atoms with van der Waals surface area (Å²) >= 11 is 0. The fourth-order valence-corrected chi connectivity index (χ4v) is 3.49. The number of carbonyl (C=O) groups is 2. The summed E-state index contributed by atoms with van der Waals surface area (Å²) < 4.78 is 0. The van der Waals surface area contributed by atoms with Crippen LogP contribution in [-0.2, 0) is 10.2 Å². The van der Waals surface area contributed by atoms with E-state index in [0.717, 1.165) is 37.4 Å². The van der Waals surface area contributed by atoms with Crippen molar-refractivity contribution in [3.8, 4) is 0 Å². The lowest BCUT2D eigenvalue weighted by Gasteiger charge is -2.31. The highest BCUT2D eigenvalue weighted by atomic mass is 16.2. The third kappa shape index (κ3) is 5.83. The van der Waals surface area contributed by atoms with E-state index < -0.39 is 0 Å². The maximum absolute atomic E-state index is 12.3. The first kappa shape index (κ1) is 21.8. The second-order valence-electron chi connectivity index (χ2n) is 9.05. The van der Waals surface area contributed by atoms with Crippen LogP contribution in [0.15, 0.2) is 48.5 Å². The molecule has 0 spiro atoms. The number of nitrogens with zero attached hydrogens (tertiary/aromatic N) is 1. The van der Waals surface area contributed by atoms with Crippen molar-refractivity contribution in [3.05, 3.63) is 59.7 Å². The lowest BCUT2D eigenvalue weighted by atomic mass is 9.87. The summed E-state index contributed by atoms with van der Waals surface area (Å²) in [7, 11) is 2.22. The van der Waals surface area contributed by atoms with Gasteiger partial charge in [-0.05, 0) is 47.4 Å². The van der Waals surface area contributed by atoms with Crippen LogP contribution in [-0.4, -0.2) is 51.6 Å². The van der Waals surface area contributed by atoms with Gasteiger partial charge in [-0.25, -0.2) is 0 Å². The summed E-state index contributed by atoms with van der Waals surface area (Å²) in [5, 5.41) is 5.52. The van der Waals surface area contributed by atoms with E-state index in [-0.39, 0.29) is 23.8 Å². The van der Waals surface area contributed by atoms with Gasteiger partial charge in [0.25, 0.3) is 5.91 Å². The molecule has 2 aromatic rings. The highest BCUT2D eigenvalue weighted by Gasteiger charge is 2.17. The second kappa shape index (κ2) is 9.30. The number of hydrogen-bond donors (Lipinski definition) is 3. The lowest BCUT2D eigenvalue weighted by molar-refractivity contribution is -0.880. The van der Waals surface area contributed by atoms with Crippen LogP contribution in [0.25, 0.3) is 0 Å². The predicted molar refractivity (Wildman–Crippen MR) is 121 cm³/mol. The minimum Gasteiger partial charge on any atom is -0.360 e. The zero-order valence-corrected chi connectivity index (χ0v) is 18.4. The fraction of sp³-hybridized carbons (Fsp3) is 0.417. The van der Waals surface area contributed by atoms with Crippen LogP contribution in [0, 0.1) is 0 Å². The molecule has 6 nitrogen and oxygen atoms in total. The van der Waals surface area contributed by atoms with E-state index in [4.69, 9.17) is 0 Å². The molecule has 0 aromatic heterocycles. The molecule has 0 bridgehead atoms. The number of rotatable bonds is 5. The van der Waals surface area contributed by atoms with Gasteiger partial charge in [0.1, 0.15) is 0 Å². The minimum atomic E-state index is -0.252. The summed E-state index contributed by atoms with van der Waals surface area (Å²) in [5.41, 5.74) is 3.66. The molecule has 3 rings (SSSR count).